The highest BCUT2D eigenvalue weighted by Gasteiger charge is 2.23. The van der Waals surface area contributed by atoms with Gasteiger partial charge in [-0.1, -0.05) is 96.1 Å². The van der Waals surface area contributed by atoms with E-state index in [-0.39, 0.29) is 11.6 Å². The monoisotopic (exact) mass is 691 g/mol. The first-order chi connectivity index (χ1) is 24.7. The van der Waals surface area contributed by atoms with Gasteiger partial charge in [0, 0.05) is 33.5 Å². The van der Waals surface area contributed by atoms with E-state index < -0.39 is 17.1 Å². The number of furan rings is 1. The van der Waals surface area contributed by atoms with Crippen LogP contribution in [0.1, 0.15) is 43.6 Å². The Hall–Kier alpha value is -6.12. The molecule has 5 aromatic carbocycles. The fraction of sp³-hybridized carbons (Fsp3) is 0.0930. The zero-order valence-corrected chi connectivity index (χ0v) is 29.3. The topological polar surface area (TPSA) is 100 Å². The Kier molecular flexibility index (Phi) is 10.9. The lowest BCUT2D eigenvalue weighted by atomic mass is 10.1. The molecule has 0 aliphatic heterocycles. The first kappa shape index (κ1) is 34.7. The van der Waals surface area contributed by atoms with Crippen LogP contribution in [0.25, 0.3) is 17.4 Å². The summed E-state index contributed by atoms with van der Waals surface area (Å²) in [5, 5.41) is 8.23. The smallest absolute Gasteiger partial charge is 0.272 e. The Morgan fingerprint density at radius 2 is 1.35 bits per heavy atom. The first-order valence-corrected chi connectivity index (χ1v) is 17.4. The second-order valence-corrected chi connectivity index (χ2v) is 13.3. The molecule has 0 spiro atoms. The molecule has 0 aliphatic carbocycles. The minimum Gasteiger partial charge on any atom is -0.457 e. The van der Waals surface area contributed by atoms with Gasteiger partial charge in [-0.3, -0.25) is 14.4 Å². The van der Waals surface area contributed by atoms with Crippen LogP contribution >= 0.6 is 11.8 Å². The van der Waals surface area contributed by atoms with Crippen LogP contribution in [0.4, 0.5) is 11.4 Å². The molecule has 0 aliphatic rings. The molecule has 1 heterocycles. The second kappa shape index (κ2) is 16.1. The lowest BCUT2D eigenvalue weighted by Crippen LogP contribution is -2.30. The molecule has 0 radical (unpaired) electrons. The summed E-state index contributed by atoms with van der Waals surface area (Å²) in [4.78, 5) is 41.3. The summed E-state index contributed by atoms with van der Waals surface area (Å²) in [5.41, 5.74) is 6.73. The third-order valence-electron chi connectivity index (χ3n) is 8.12. The minimum absolute atomic E-state index is 0.0133. The van der Waals surface area contributed by atoms with Crippen LogP contribution in [0.3, 0.4) is 0 Å². The first-order valence-electron chi connectivity index (χ1n) is 16.5. The quantitative estimate of drug-likeness (QED) is 0.0928. The average Bonchev–Trinajstić information content (AvgIpc) is 3.61. The van der Waals surface area contributed by atoms with E-state index in [0.29, 0.717) is 22.8 Å². The van der Waals surface area contributed by atoms with Crippen LogP contribution < -0.4 is 16.0 Å². The standard InChI is InChI=1S/C43H37N3O4S/c1-28-14-17-31(18-15-28)39-25-21-35(50-39)27-38(46-41(47)33-12-8-5-9-13-33)42(48)44-34-19-22-36(23-20-34)51-40(32-10-6-4-7-11-32)43(49)45-37-24-16-29(2)26-30(37)3/h4-27,40H,1-3H3,(H,44,48)(H,45,49)(H,46,47)/b38-27+/t40-/m0/s1. The van der Waals surface area contributed by atoms with Crippen molar-refractivity contribution in [1.29, 1.82) is 0 Å². The maximum atomic E-state index is 13.7. The largest absolute Gasteiger partial charge is 0.457 e. The highest BCUT2D eigenvalue weighted by Crippen LogP contribution is 2.37. The number of hydrogen-bond acceptors (Lipinski definition) is 5. The average molecular weight is 692 g/mol. The van der Waals surface area contributed by atoms with Crippen molar-refractivity contribution in [3.63, 3.8) is 0 Å². The van der Waals surface area contributed by atoms with Gasteiger partial charge in [0.15, 0.2) is 0 Å². The molecular formula is C43H37N3O4S. The summed E-state index contributed by atoms with van der Waals surface area (Å²) in [6.07, 6.45) is 1.51. The Bertz CT molecular complexity index is 2180. The molecule has 0 saturated carbocycles. The van der Waals surface area contributed by atoms with E-state index in [1.807, 2.05) is 118 Å². The van der Waals surface area contributed by atoms with Crippen molar-refractivity contribution in [2.45, 2.75) is 30.9 Å². The molecule has 6 rings (SSSR count). The van der Waals surface area contributed by atoms with Gasteiger partial charge in [0.25, 0.3) is 11.8 Å². The second-order valence-electron chi connectivity index (χ2n) is 12.1. The molecular weight excluding hydrogens is 655 g/mol. The third kappa shape index (κ3) is 9.12. The summed E-state index contributed by atoms with van der Waals surface area (Å²) in [6.45, 7) is 6.01. The highest BCUT2D eigenvalue weighted by molar-refractivity contribution is 8.00. The van der Waals surface area contributed by atoms with Crippen LogP contribution in [0.2, 0.25) is 0 Å². The van der Waals surface area contributed by atoms with Crippen molar-refractivity contribution in [2.24, 2.45) is 0 Å². The summed E-state index contributed by atoms with van der Waals surface area (Å²) in [5.74, 6) is -0.0482. The van der Waals surface area contributed by atoms with Gasteiger partial charge in [0.2, 0.25) is 5.91 Å². The number of carbonyl (C=O) groups is 3. The minimum atomic E-state index is -0.525. The number of rotatable bonds is 11. The zero-order chi connectivity index (χ0) is 35.7. The number of nitrogens with one attached hydrogen (secondary N) is 3. The maximum Gasteiger partial charge on any atom is 0.272 e. The van der Waals surface area contributed by atoms with Gasteiger partial charge in [0.05, 0.1) is 0 Å². The molecule has 0 bridgehead atoms. The van der Waals surface area contributed by atoms with Crippen molar-refractivity contribution < 1.29 is 18.8 Å². The molecule has 7 nitrogen and oxygen atoms in total. The molecule has 1 atom stereocenters. The number of aryl methyl sites for hydroxylation is 3. The van der Waals surface area contributed by atoms with Gasteiger partial charge in [-0.2, -0.15) is 0 Å². The molecule has 254 valence electrons. The number of carbonyl (C=O) groups excluding carboxylic acids is 3. The number of anilines is 2. The molecule has 1 aromatic heterocycles. The third-order valence-corrected chi connectivity index (χ3v) is 9.39. The van der Waals surface area contributed by atoms with Crippen LogP contribution in [0.5, 0.6) is 0 Å². The van der Waals surface area contributed by atoms with E-state index in [4.69, 9.17) is 4.42 Å². The van der Waals surface area contributed by atoms with Crippen LogP contribution in [0, 0.1) is 20.8 Å². The number of hydrogen-bond donors (Lipinski definition) is 3. The van der Waals surface area contributed by atoms with Gasteiger partial charge in [-0.25, -0.2) is 0 Å². The molecule has 51 heavy (non-hydrogen) atoms. The van der Waals surface area contributed by atoms with E-state index in [2.05, 4.69) is 16.0 Å². The molecule has 3 N–H and O–H groups in total. The van der Waals surface area contributed by atoms with E-state index in [0.717, 1.165) is 38.4 Å². The normalized spacial score (nSPS) is 11.8. The Morgan fingerprint density at radius 3 is 2.04 bits per heavy atom. The SMILES string of the molecule is Cc1ccc(-c2ccc(/C=C(/NC(=O)c3ccccc3)C(=O)Nc3ccc(S[C@H](C(=O)Nc4ccc(C)cc4C)c4ccccc4)cc3)o2)cc1. The Labute approximate surface area is 301 Å². The predicted molar refractivity (Wildman–Crippen MR) is 205 cm³/mol. The van der Waals surface area contributed by atoms with Crippen molar-refractivity contribution in [2.75, 3.05) is 10.6 Å². The zero-order valence-electron chi connectivity index (χ0n) is 28.5. The van der Waals surface area contributed by atoms with Gasteiger partial charge in [-0.15, -0.1) is 11.8 Å². The number of amides is 3. The molecule has 0 saturated heterocycles. The van der Waals surface area contributed by atoms with Crippen LogP contribution in [0.15, 0.2) is 155 Å². The van der Waals surface area contributed by atoms with Crippen molar-refractivity contribution in [3.05, 3.63) is 179 Å². The number of thioether (sulfide) groups is 1. The lowest BCUT2D eigenvalue weighted by Gasteiger charge is -2.18. The number of benzene rings is 5. The predicted octanol–water partition coefficient (Wildman–Crippen LogP) is 9.75. The fourth-order valence-electron chi connectivity index (χ4n) is 5.39. The van der Waals surface area contributed by atoms with Gasteiger partial charge >= 0.3 is 0 Å². The summed E-state index contributed by atoms with van der Waals surface area (Å²) < 4.78 is 6.04. The van der Waals surface area contributed by atoms with Crippen molar-refractivity contribution >= 4 is 46.9 Å². The van der Waals surface area contributed by atoms with E-state index >= 15 is 0 Å². The van der Waals surface area contributed by atoms with Crippen molar-refractivity contribution in [3.8, 4) is 11.3 Å². The van der Waals surface area contributed by atoms with E-state index in [1.165, 1.54) is 17.8 Å². The van der Waals surface area contributed by atoms with Gasteiger partial charge < -0.3 is 20.4 Å². The van der Waals surface area contributed by atoms with Crippen molar-refractivity contribution in [1.82, 2.24) is 5.32 Å². The maximum absolute atomic E-state index is 13.7. The summed E-state index contributed by atoms with van der Waals surface area (Å²) >= 11 is 1.42. The van der Waals surface area contributed by atoms with Crippen LogP contribution in [-0.2, 0) is 9.59 Å². The highest BCUT2D eigenvalue weighted by atomic mass is 32.2. The summed E-state index contributed by atoms with van der Waals surface area (Å²) in [6, 6.07) is 43.0. The molecule has 6 aromatic rings. The van der Waals surface area contributed by atoms with Gasteiger partial charge in [-0.05, 0) is 86.5 Å². The van der Waals surface area contributed by atoms with Gasteiger partial charge in [0.1, 0.15) is 22.5 Å². The van der Waals surface area contributed by atoms with Crippen LogP contribution in [-0.4, -0.2) is 17.7 Å². The molecule has 0 unspecified atom stereocenters. The fourth-order valence-corrected chi connectivity index (χ4v) is 6.42. The van der Waals surface area contributed by atoms with E-state index in [9.17, 15) is 14.4 Å². The van der Waals surface area contributed by atoms with E-state index in [1.54, 1.807) is 42.5 Å². The summed E-state index contributed by atoms with van der Waals surface area (Å²) in [7, 11) is 0. The Morgan fingerprint density at radius 1 is 0.686 bits per heavy atom. The molecule has 8 heteroatoms. The molecule has 3 amide bonds. The lowest BCUT2D eigenvalue weighted by molar-refractivity contribution is -0.116. The Balaban J connectivity index is 1.20. The molecule has 0 fully saturated rings.